The molecule has 0 N–H and O–H groups in total. The molecular weight excluding hydrogens is 436 g/mol. The summed E-state index contributed by atoms with van der Waals surface area (Å²) in [7, 11) is -1.62. The molecule has 0 saturated carbocycles. The zero-order valence-corrected chi connectivity index (χ0v) is 19.6. The van der Waals surface area contributed by atoms with Crippen LogP contribution in [0, 0.1) is 0 Å². The first kappa shape index (κ1) is 22.3. The molecule has 31 heavy (non-hydrogen) atoms. The lowest BCUT2D eigenvalue weighted by molar-refractivity contribution is 0.0678. The van der Waals surface area contributed by atoms with Crippen LogP contribution in [0.1, 0.15) is 53.8 Å². The van der Waals surface area contributed by atoms with Crippen LogP contribution < -0.4 is 0 Å². The van der Waals surface area contributed by atoms with E-state index < -0.39 is 10.0 Å². The fourth-order valence-corrected chi connectivity index (χ4v) is 5.47. The van der Waals surface area contributed by atoms with E-state index in [0.29, 0.717) is 36.6 Å². The predicted octanol–water partition coefficient (Wildman–Crippen LogP) is 3.29. The summed E-state index contributed by atoms with van der Waals surface area (Å²) in [4.78, 5) is 15.3. The number of amides is 1. The Hall–Kier alpha value is -1.90. The molecule has 0 radical (unpaired) electrons. The molecule has 2 aromatic rings. The van der Waals surface area contributed by atoms with Gasteiger partial charge in [-0.3, -0.25) is 4.79 Å². The summed E-state index contributed by atoms with van der Waals surface area (Å²) in [6.07, 6.45) is 7.54. The normalized spacial score (nSPS) is 18.1. The third-order valence-electron chi connectivity index (χ3n) is 6.49. The van der Waals surface area contributed by atoms with Gasteiger partial charge in [0.1, 0.15) is 0 Å². The molecule has 1 saturated heterocycles. The van der Waals surface area contributed by atoms with Crippen LogP contribution in [0.5, 0.6) is 0 Å². The van der Waals surface area contributed by atoms with Crippen molar-refractivity contribution in [3.05, 3.63) is 46.2 Å². The van der Waals surface area contributed by atoms with Crippen LogP contribution in [0.3, 0.4) is 0 Å². The molecule has 7 nitrogen and oxygen atoms in total. The monoisotopic (exact) mass is 464 g/mol. The summed E-state index contributed by atoms with van der Waals surface area (Å²) >= 11 is 6.06. The number of hydrogen-bond donors (Lipinski definition) is 0. The highest BCUT2D eigenvalue weighted by Gasteiger charge is 2.32. The van der Waals surface area contributed by atoms with Crippen molar-refractivity contribution in [2.75, 3.05) is 26.4 Å². The first-order valence-corrected chi connectivity index (χ1v) is 13.1. The molecule has 0 unspecified atom stereocenters. The van der Waals surface area contributed by atoms with E-state index in [4.69, 9.17) is 16.7 Å². The maximum Gasteiger partial charge on any atom is 0.274 e. The number of rotatable bonds is 4. The van der Waals surface area contributed by atoms with Crippen molar-refractivity contribution in [1.82, 2.24) is 19.0 Å². The molecule has 2 heterocycles. The summed E-state index contributed by atoms with van der Waals surface area (Å²) in [5.41, 5.74) is 3.64. The quantitative estimate of drug-likeness (QED) is 0.650. The van der Waals surface area contributed by atoms with Crippen molar-refractivity contribution in [3.63, 3.8) is 0 Å². The van der Waals surface area contributed by atoms with Crippen LogP contribution >= 0.6 is 11.6 Å². The average Bonchev–Trinajstić information content (AvgIpc) is 2.93. The number of nitrogens with zero attached hydrogens (tertiary/aromatic N) is 4. The van der Waals surface area contributed by atoms with Crippen molar-refractivity contribution in [3.8, 4) is 5.69 Å². The molecular formula is C22H29ClN4O3S. The summed E-state index contributed by atoms with van der Waals surface area (Å²) in [6.45, 7) is 1.07. The van der Waals surface area contributed by atoms with Crippen molar-refractivity contribution in [2.24, 2.45) is 0 Å². The minimum absolute atomic E-state index is 0.0497. The Morgan fingerprint density at radius 2 is 1.74 bits per heavy atom. The number of carbonyl (C=O) groups excluding carboxylic acids is 1. The largest absolute Gasteiger partial charge is 0.337 e. The summed E-state index contributed by atoms with van der Waals surface area (Å²) < 4.78 is 27.0. The lowest BCUT2D eigenvalue weighted by Crippen LogP contribution is -2.47. The van der Waals surface area contributed by atoms with Crippen LogP contribution in [0.2, 0.25) is 5.02 Å². The summed E-state index contributed by atoms with van der Waals surface area (Å²) in [5, 5.41) is 5.44. The topological polar surface area (TPSA) is 75.5 Å². The van der Waals surface area contributed by atoms with Gasteiger partial charge in [0.15, 0.2) is 5.69 Å². The second-order valence-corrected chi connectivity index (χ2v) is 11.0. The number of hydrogen-bond acceptors (Lipinski definition) is 4. The first-order valence-electron chi connectivity index (χ1n) is 10.8. The van der Waals surface area contributed by atoms with Gasteiger partial charge < -0.3 is 4.90 Å². The fraction of sp³-hybridized carbons (Fsp3) is 0.545. The Bertz CT molecular complexity index is 1060. The Labute approximate surface area is 189 Å². The molecule has 1 amide bonds. The molecule has 4 rings (SSSR count). The average molecular weight is 465 g/mol. The van der Waals surface area contributed by atoms with Crippen LogP contribution in [0.25, 0.3) is 5.69 Å². The van der Waals surface area contributed by atoms with Crippen molar-refractivity contribution < 1.29 is 13.2 Å². The van der Waals surface area contributed by atoms with Gasteiger partial charge >= 0.3 is 0 Å². The molecule has 2 aliphatic rings. The number of carbonyl (C=O) groups is 1. The van der Waals surface area contributed by atoms with Gasteiger partial charge in [-0.2, -0.15) is 5.10 Å². The zero-order chi connectivity index (χ0) is 22.2. The molecule has 1 fully saturated rings. The number of halogens is 1. The summed E-state index contributed by atoms with van der Waals surface area (Å²) in [6, 6.07) is 7.48. The molecule has 1 aliphatic carbocycles. The molecule has 0 bridgehead atoms. The van der Waals surface area contributed by atoms with Crippen molar-refractivity contribution in [2.45, 2.75) is 51.0 Å². The SMILES string of the molecule is CN(C1CCN(C(=O)c2nn(-c3ccc(Cl)cc3)c3c2CCCCC3)CC1)S(C)(=O)=O. The van der Waals surface area contributed by atoms with Crippen LogP contribution in [-0.4, -0.2) is 65.7 Å². The van der Waals surface area contributed by atoms with E-state index in [2.05, 4.69) is 0 Å². The Kier molecular flexibility index (Phi) is 6.42. The van der Waals surface area contributed by atoms with Gasteiger partial charge in [-0.1, -0.05) is 18.0 Å². The lowest BCUT2D eigenvalue weighted by Gasteiger charge is -2.35. The smallest absolute Gasteiger partial charge is 0.274 e. The van der Waals surface area contributed by atoms with E-state index in [-0.39, 0.29) is 11.9 Å². The molecule has 1 aromatic carbocycles. The minimum Gasteiger partial charge on any atom is -0.337 e. The Morgan fingerprint density at radius 1 is 1.10 bits per heavy atom. The van der Waals surface area contributed by atoms with E-state index in [1.165, 1.54) is 10.6 Å². The number of benzene rings is 1. The molecule has 168 valence electrons. The van der Waals surface area contributed by atoms with E-state index in [9.17, 15) is 13.2 Å². The Balaban J connectivity index is 1.59. The lowest BCUT2D eigenvalue weighted by atomic mass is 10.0. The second kappa shape index (κ2) is 8.92. The van der Waals surface area contributed by atoms with Gasteiger partial charge in [0, 0.05) is 42.5 Å². The van der Waals surface area contributed by atoms with Gasteiger partial charge in [-0.15, -0.1) is 0 Å². The number of likely N-dealkylation sites (tertiary alicyclic amines) is 1. The second-order valence-electron chi connectivity index (χ2n) is 8.53. The molecule has 0 spiro atoms. The number of piperidine rings is 1. The van der Waals surface area contributed by atoms with E-state index >= 15 is 0 Å². The summed E-state index contributed by atoms with van der Waals surface area (Å²) in [5.74, 6) is -0.0497. The standard InChI is InChI=1S/C22H29ClN4O3S/c1-25(31(2,29)30)17-12-14-26(15-13-17)22(28)21-19-6-4-3-5-7-20(19)27(24-21)18-10-8-16(23)9-11-18/h8-11,17H,3-7,12-15H2,1-2H3. The number of aromatic nitrogens is 2. The van der Waals surface area contributed by atoms with Gasteiger partial charge in [-0.05, 0) is 62.8 Å². The van der Waals surface area contributed by atoms with Crippen molar-refractivity contribution >= 4 is 27.5 Å². The van der Waals surface area contributed by atoms with Crippen LogP contribution in [-0.2, 0) is 22.9 Å². The third kappa shape index (κ3) is 4.66. The number of fused-ring (bicyclic) bond motifs is 1. The van der Waals surface area contributed by atoms with Gasteiger partial charge in [0.2, 0.25) is 10.0 Å². The van der Waals surface area contributed by atoms with E-state index in [1.54, 1.807) is 7.05 Å². The maximum atomic E-state index is 13.5. The molecule has 1 aromatic heterocycles. The highest BCUT2D eigenvalue weighted by molar-refractivity contribution is 7.88. The molecule has 1 aliphatic heterocycles. The van der Waals surface area contributed by atoms with Crippen LogP contribution in [0.15, 0.2) is 24.3 Å². The Morgan fingerprint density at radius 3 is 2.39 bits per heavy atom. The van der Waals surface area contributed by atoms with Gasteiger partial charge in [-0.25, -0.2) is 17.4 Å². The van der Waals surface area contributed by atoms with Crippen LogP contribution in [0.4, 0.5) is 0 Å². The first-order chi connectivity index (χ1) is 14.8. The third-order valence-corrected chi connectivity index (χ3v) is 8.09. The van der Waals surface area contributed by atoms with E-state index in [0.717, 1.165) is 49.0 Å². The minimum atomic E-state index is -3.23. The highest BCUT2D eigenvalue weighted by Crippen LogP contribution is 2.28. The van der Waals surface area contributed by atoms with Gasteiger partial charge in [0.25, 0.3) is 5.91 Å². The highest BCUT2D eigenvalue weighted by atomic mass is 35.5. The van der Waals surface area contributed by atoms with Gasteiger partial charge in [0.05, 0.1) is 11.9 Å². The molecule has 0 atom stereocenters. The predicted molar refractivity (Wildman–Crippen MR) is 121 cm³/mol. The van der Waals surface area contributed by atoms with E-state index in [1.807, 2.05) is 33.8 Å². The van der Waals surface area contributed by atoms with Crippen molar-refractivity contribution in [1.29, 1.82) is 0 Å². The number of sulfonamides is 1. The molecule has 9 heteroatoms. The fourth-order valence-electron chi connectivity index (χ4n) is 4.60. The maximum absolute atomic E-state index is 13.5. The zero-order valence-electron chi connectivity index (χ0n) is 18.1.